The molecule has 1 saturated carbocycles. The van der Waals surface area contributed by atoms with Crippen molar-refractivity contribution in [3.05, 3.63) is 59.5 Å². The second-order valence-electron chi connectivity index (χ2n) is 5.88. The van der Waals surface area contributed by atoms with Crippen molar-refractivity contribution < 1.29 is 19.2 Å². The molecule has 1 amide bonds. The highest BCUT2D eigenvalue weighted by atomic mass is 19.1. The number of carbonyl (C=O) groups is 1. The van der Waals surface area contributed by atoms with E-state index in [9.17, 15) is 9.18 Å². The van der Waals surface area contributed by atoms with Crippen LogP contribution >= 0.6 is 0 Å². The first-order valence-electron chi connectivity index (χ1n) is 7.33. The van der Waals surface area contributed by atoms with Gasteiger partial charge >= 0.3 is 7.12 Å². The van der Waals surface area contributed by atoms with Gasteiger partial charge in [-0.25, -0.2) is 4.39 Å². The van der Waals surface area contributed by atoms with Gasteiger partial charge in [-0.05, 0) is 48.2 Å². The van der Waals surface area contributed by atoms with E-state index in [2.05, 4.69) is 10.3 Å². The Morgan fingerprint density at radius 3 is 2.43 bits per heavy atom. The molecule has 2 aromatic rings. The molecule has 118 valence electrons. The van der Waals surface area contributed by atoms with Crippen LogP contribution in [0.4, 0.5) is 4.39 Å². The van der Waals surface area contributed by atoms with Crippen LogP contribution in [0.15, 0.2) is 42.6 Å². The number of benzene rings is 1. The molecule has 0 spiro atoms. The van der Waals surface area contributed by atoms with Crippen LogP contribution in [0.3, 0.4) is 0 Å². The molecule has 0 aliphatic heterocycles. The maximum Gasteiger partial charge on any atom is 0.508 e. The van der Waals surface area contributed by atoms with Gasteiger partial charge in [-0.2, -0.15) is 0 Å². The van der Waals surface area contributed by atoms with Gasteiger partial charge in [-0.1, -0.05) is 13.0 Å². The van der Waals surface area contributed by atoms with Gasteiger partial charge in [-0.15, -0.1) is 0 Å². The molecule has 1 aliphatic rings. The van der Waals surface area contributed by atoms with E-state index in [1.54, 1.807) is 12.3 Å². The molecule has 1 fully saturated rings. The largest absolute Gasteiger partial charge is 0.508 e. The van der Waals surface area contributed by atoms with Crippen molar-refractivity contribution in [2.45, 2.75) is 18.9 Å². The first kappa shape index (κ1) is 15.6. The fraction of sp³-hybridized carbons (Fsp3) is 0.250. The summed E-state index contributed by atoms with van der Waals surface area (Å²) in [5.74, 6) is -0.433. The standard InChI is InChI=1S/C16H16BFN2O3/c1-10-8-16(10,12-4-7-14(17(22)23)19-9-12)20-15(21)11-2-5-13(18)6-3-11/h2-7,9-10,22-23H,8H2,1H3,(H,20,21). The minimum Gasteiger partial charge on any atom is -0.422 e. The average molecular weight is 314 g/mol. The van der Waals surface area contributed by atoms with Gasteiger partial charge < -0.3 is 15.4 Å². The third-order valence-corrected chi connectivity index (χ3v) is 4.32. The van der Waals surface area contributed by atoms with Crippen LogP contribution in [0.25, 0.3) is 0 Å². The topological polar surface area (TPSA) is 82.5 Å². The molecule has 1 aliphatic carbocycles. The van der Waals surface area contributed by atoms with Crippen molar-refractivity contribution in [3.8, 4) is 0 Å². The molecule has 7 heteroatoms. The third kappa shape index (κ3) is 2.97. The molecule has 0 radical (unpaired) electrons. The normalized spacial score (nSPS) is 22.5. The summed E-state index contributed by atoms with van der Waals surface area (Å²) in [5, 5.41) is 21.2. The molecule has 1 aromatic heterocycles. The minimum absolute atomic E-state index is 0.155. The predicted octanol–water partition coefficient (Wildman–Crippen LogP) is 0.566. The first-order chi connectivity index (χ1) is 10.9. The van der Waals surface area contributed by atoms with E-state index < -0.39 is 18.5 Å². The Labute approximate surface area is 133 Å². The number of rotatable bonds is 4. The summed E-state index contributed by atoms with van der Waals surface area (Å²) >= 11 is 0. The number of nitrogens with zero attached hydrogens (tertiary/aromatic N) is 1. The number of amides is 1. The van der Waals surface area contributed by atoms with Gasteiger partial charge in [0.25, 0.3) is 5.91 Å². The van der Waals surface area contributed by atoms with E-state index >= 15 is 0 Å². The number of pyridine rings is 1. The van der Waals surface area contributed by atoms with Crippen molar-refractivity contribution in [2.75, 3.05) is 0 Å². The molecule has 0 bridgehead atoms. The third-order valence-electron chi connectivity index (χ3n) is 4.32. The molecule has 3 N–H and O–H groups in total. The highest BCUT2D eigenvalue weighted by molar-refractivity contribution is 6.57. The van der Waals surface area contributed by atoms with E-state index in [0.717, 1.165) is 12.0 Å². The summed E-state index contributed by atoms with van der Waals surface area (Å²) in [6, 6.07) is 8.63. The maximum atomic E-state index is 12.9. The molecule has 1 heterocycles. The molecule has 5 nitrogen and oxygen atoms in total. The van der Waals surface area contributed by atoms with Crippen molar-refractivity contribution in [3.63, 3.8) is 0 Å². The maximum absolute atomic E-state index is 12.9. The quantitative estimate of drug-likeness (QED) is 0.721. The lowest BCUT2D eigenvalue weighted by molar-refractivity contribution is 0.0927. The van der Waals surface area contributed by atoms with Crippen LogP contribution in [0.1, 0.15) is 29.3 Å². The fourth-order valence-electron chi connectivity index (χ4n) is 2.77. The van der Waals surface area contributed by atoms with Crippen molar-refractivity contribution in [2.24, 2.45) is 5.92 Å². The van der Waals surface area contributed by atoms with Gasteiger partial charge in [-0.3, -0.25) is 9.78 Å². The van der Waals surface area contributed by atoms with E-state index in [4.69, 9.17) is 10.0 Å². The van der Waals surface area contributed by atoms with E-state index in [-0.39, 0.29) is 17.4 Å². The lowest BCUT2D eigenvalue weighted by Crippen LogP contribution is -2.38. The van der Waals surface area contributed by atoms with Gasteiger partial charge in [0.05, 0.1) is 11.1 Å². The Balaban J connectivity index is 1.81. The molecular weight excluding hydrogens is 298 g/mol. The van der Waals surface area contributed by atoms with Crippen LogP contribution < -0.4 is 10.9 Å². The number of hydrogen-bond acceptors (Lipinski definition) is 4. The van der Waals surface area contributed by atoms with Gasteiger partial charge in [0.2, 0.25) is 0 Å². The van der Waals surface area contributed by atoms with Crippen LogP contribution in [0.2, 0.25) is 0 Å². The zero-order chi connectivity index (χ0) is 16.6. The zero-order valence-corrected chi connectivity index (χ0v) is 12.5. The summed E-state index contributed by atoms with van der Waals surface area (Å²) < 4.78 is 12.9. The van der Waals surface area contributed by atoms with Crippen LogP contribution in [0, 0.1) is 11.7 Å². The molecule has 1 aromatic carbocycles. The average Bonchev–Trinajstić information content (AvgIpc) is 3.18. The second kappa shape index (κ2) is 5.75. The van der Waals surface area contributed by atoms with Crippen LogP contribution in [0.5, 0.6) is 0 Å². The monoisotopic (exact) mass is 314 g/mol. The highest BCUT2D eigenvalue weighted by Gasteiger charge is 2.53. The summed E-state index contributed by atoms with van der Waals surface area (Å²) in [7, 11) is -1.62. The van der Waals surface area contributed by atoms with E-state index in [1.807, 2.05) is 6.92 Å². The Kier molecular flexibility index (Phi) is 3.91. The Morgan fingerprint density at radius 1 is 1.30 bits per heavy atom. The van der Waals surface area contributed by atoms with Crippen LogP contribution in [-0.4, -0.2) is 28.1 Å². The number of nitrogens with one attached hydrogen (secondary N) is 1. The number of aromatic nitrogens is 1. The summed E-state index contributed by atoms with van der Waals surface area (Å²) in [6.45, 7) is 2.01. The van der Waals surface area contributed by atoms with Crippen molar-refractivity contribution in [1.29, 1.82) is 0 Å². The summed E-state index contributed by atoms with van der Waals surface area (Å²) in [5.41, 5.74) is 0.837. The number of halogens is 1. The summed E-state index contributed by atoms with van der Waals surface area (Å²) in [4.78, 5) is 16.4. The van der Waals surface area contributed by atoms with Crippen molar-refractivity contribution >= 4 is 18.6 Å². The molecule has 23 heavy (non-hydrogen) atoms. The Bertz CT molecular complexity index is 721. The molecule has 2 unspecified atom stereocenters. The van der Waals surface area contributed by atoms with E-state index in [1.165, 1.54) is 30.3 Å². The molecular formula is C16H16BFN2O3. The van der Waals surface area contributed by atoms with E-state index in [0.29, 0.717) is 5.56 Å². The molecule has 3 rings (SSSR count). The van der Waals surface area contributed by atoms with Gasteiger partial charge in [0.1, 0.15) is 5.82 Å². The lowest BCUT2D eigenvalue weighted by Gasteiger charge is -2.19. The van der Waals surface area contributed by atoms with Crippen molar-refractivity contribution in [1.82, 2.24) is 10.3 Å². The Morgan fingerprint density at radius 2 is 1.96 bits per heavy atom. The number of carbonyl (C=O) groups excluding carboxylic acids is 1. The minimum atomic E-state index is -1.62. The van der Waals surface area contributed by atoms with Crippen LogP contribution in [-0.2, 0) is 5.54 Å². The number of hydrogen-bond donors (Lipinski definition) is 3. The fourth-order valence-corrected chi connectivity index (χ4v) is 2.77. The smallest absolute Gasteiger partial charge is 0.422 e. The molecule has 2 atom stereocenters. The SMILES string of the molecule is CC1CC1(NC(=O)c1ccc(F)cc1)c1ccc(B(O)O)nc1. The highest BCUT2D eigenvalue weighted by Crippen LogP contribution is 2.51. The Hall–Kier alpha value is -2.25. The second-order valence-corrected chi connectivity index (χ2v) is 5.88. The first-order valence-corrected chi connectivity index (χ1v) is 7.33. The van der Waals surface area contributed by atoms with Gasteiger partial charge in [0.15, 0.2) is 0 Å². The predicted molar refractivity (Wildman–Crippen MR) is 83.4 cm³/mol. The summed E-state index contributed by atoms with van der Waals surface area (Å²) in [6.07, 6.45) is 2.31. The molecule has 0 saturated heterocycles. The zero-order valence-electron chi connectivity index (χ0n) is 12.5. The lowest BCUT2D eigenvalue weighted by atomic mass is 9.85. The van der Waals surface area contributed by atoms with Gasteiger partial charge in [0, 0.05) is 11.8 Å².